The second-order valence-corrected chi connectivity index (χ2v) is 5.73. The molecule has 3 rings (SSSR count). The van der Waals surface area contributed by atoms with E-state index in [9.17, 15) is 18.0 Å². The molecule has 0 aliphatic carbocycles. The number of hydrogen-bond acceptors (Lipinski definition) is 3. The van der Waals surface area contributed by atoms with Crippen LogP contribution in [-0.2, 0) is 6.18 Å². The van der Waals surface area contributed by atoms with E-state index >= 15 is 0 Å². The molecule has 2 heterocycles. The third-order valence-corrected chi connectivity index (χ3v) is 3.86. The molecular weight excluding hydrogens is 345 g/mol. The highest BCUT2D eigenvalue weighted by atomic mass is 35.5. The van der Waals surface area contributed by atoms with Crippen molar-refractivity contribution in [1.29, 1.82) is 0 Å². The lowest BCUT2D eigenvalue weighted by molar-refractivity contribution is -0.137. The van der Waals surface area contributed by atoms with Gasteiger partial charge < -0.3 is 9.64 Å². The molecule has 1 aromatic carbocycles. The molecule has 0 unspecified atom stereocenters. The highest BCUT2D eigenvalue weighted by Crippen LogP contribution is 2.30. The number of aromatic nitrogens is 1. The van der Waals surface area contributed by atoms with Gasteiger partial charge in [-0.15, -0.1) is 0 Å². The van der Waals surface area contributed by atoms with E-state index in [1.807, 2.05) is 0 Å². The summed E-state index contributed by atoms with van der Waals surface area (Å²) in [6, 6.07) is 7.67. The second kappa shape index (κ2) is 6.32. The quantitative estimate of drug-likeness (QED) is 0.843. The molecule has 1 aliphatic heterocycles. The van der Waals surface area contributed by atoms with Gasteiger partial charge in [-0.25, -0.2) is 4.98 Å². The smallest absolute Gasteiger partial charge is 0.416 e. The first-order valence-electron chi connectivity index (χ1n) is 7.08. The van der Waals surface area contributed by atoms with E-state index in [0.717, 1.165) is 12.1 Å². The van der Waals surface area contributed by atoms with E-state index in [4.69, 9.17) is 16.3 Å². The molecule has 1 amide bonds. The summed E-state index contributed by atoms with van der Waals surface area (Å²) >= 11 is 5.93. The zero-order valence-corrected chi connectivity index (χ0v) is 13.0. The van der Waals surface area contributed by atoms with Gasteiger partial charge >= 0.3 is 6.18 Å². The first-order chi connectivity index (χ1) is 11.3. The summed E-state index contributed by atoms with van der Waals surface area (Å²) in [7, 11) is 0. The van der Waals surface area contributed by atoms with Crippen molar-refractivity contribution >= 4 is 17.5 Å². The Bertz CT molecular complexity index is 761. The zero-order valence-electron chi connectivity index (χ0n) is 12.3. The van der Waals surface area contributed by atoms with E-state index < -0.39 is 17.6 Å². The van der Waals surface area contributed by atoms with Crippen LogP contribution in [0.25, 0.3) is 0 Å². The third-order valence-electron chi connectivity index (χ3n) is 3.58. The minimum absolute atomic E-state index is 0.000793. The van der Waals surface area contributed by atoms with Gasteiger partial charge in [0.2, 0.25) is 5.88 Å². The molecule has 2 aromatic rings. The van der Waals surface area contributed by atoms with Crippen molar-refractivity contribution < 1.29 is 22.7 Å². The molecule has 126 valence electrons. The molecule has 0 radical (unpaired) electrons. The summed E-state index contributed by atoms with van der Waals surface area (Å²) in [4.78, 5) is 17.6. The van der Waals surface area contributed by atoms with E-state index in [1.54, 1.807) is 12.1 Å². The van der Waals surface area contributed by atoms with Crippen molar-refractivity contribution in [2.24, 2.45) is 0 Å². The minimum Gasteiger partial charge on any atom is -0.470 e. The van der Waals surface area contributed by atoms with E-state index in [2.05, 4.69) is 4.98 Å². The third kappa shape index (κ3) is 3.46. The fourth-order valence-electron chi connectivity index (χ4n) is 2.31. The zero-order chi connectivity index (χ0) is 17.3. The SMILES string of the molecule is O=C(c1cccc(C(F)(F)F)c1)N1CC(Oc2ncccc2Cl)C1. The van der Waals surface area contributed by atoms with Gasteiger partial charge in [0.25, 0.3) is 5.91 Å². The molecular formula is C16H12ClF3N2O2. The number of alkyl halides is 3. The Morgan fingerprint density at radius 2 is 2.00 bits per heavy atom. The topological polar surface area (TPSA) is 42.4 Å². The maximum absolute atomic E-state index is 12.7. The number of rotatable bonds is 3. The van der Waals surface area contributed by atoms with Crippen LogP contribution in [0.1, 0.15) is 15.9 Å². The Labute approximate surface area is 140 Å². The first kappa shape index (κ1) is 16.6. The Kier molecular flexibility index (Phi) is 4.36. The lowest BCUT2D eigenvalue weighted by Gasteiger charge is -2.38. The van der Waals surface area contributed by atoms with Crippen LogP contribution in [-0.4, -0.2) is 35.0 Å². The predicted molar refractivity (Wildman–Crippen MR) is 81.0 cm³/mol. The highest BCUT2D eigenvalue weighted by Gasteiger charge is 2.35. The van der Waals surface area contributed by atoms with Gasteiger partial charge in [0, 0.05) is 11.8 Å². The van der Waals surface area contributed by atoms with Crippen LogP contribution in [0.3, 0.4) is 0 Å². The Morgan fingerprint density at radius 1 is 1.25 bits per heavy atom. The maximum Gasteiger partial charge on any atom is 0.416 e. The largest absolute Gasteiger partial charge is 0.470 e. The Balaban J connectivity index is 1.62. The van der Waals surface area contributed by atoms with Crippen molar-refractivity contribution in [3.8, 4) is 5.88 Å². The average molecular weight is 357 g/mol. The average Bonchev–Trinajstić information content (AvgIpc) is 2.51. The monoisotopic (exact) mass is 356 g/mol. The minimum atomic E-state index is -4.48. The molecule has 0 bridgehead atoms. The number of hydrogen-bond donors (Lipinski definition) is 0. The molecule has 0 atom stereocenters. The molecule has 1 aromatic heterocycles. The van der Waals surface area contributed by atoms with Crippen LogP contribution in [0.4, 0.5) is 13.2 Å². The van der Waals surface area contributed by atoms with Gasteiger partial charge in [-0.3, -0.25) is 4.79 Å². The van der Waals surface area contributed by atoms with Crippen molar-refractivity contribution in [1.82, 2.24) is 9.88 Å². The van der Waals surface area contributed by atoms with Crippen LogP contribution in [0, 0.1) is 0 Å². The van der Waals surface area contributed by atoms with Gasteiger partial charge in [0.15, 0.2) is 0 Å². The predicted octanol–water partition coefficient (Wildman–Crippen LogP) is 3.66. The van der Waals surface area contributed by atoms with Gasteiger partial charge in [-0.1, -0.05) is 17.7 Å². The number of pyridine rings is 1. The lowest BCUT2D eigenvalue weighted by atomic mass is 10.1. The summed E-state index contributed by atoms with van der Waals surface area (Å²) in [5, 5.41) is 0.361. The number of halogens is 4. The van der Waals surface area contributed by atoms with Crippen LogP contribution < -0.4 is 4.74 Å². The lowest BCUT2D eigenvalue weighted by Crippen LogP contribution is -2.56. The van der Waals surface area contributed by atoms with Crippen molar-refractivity contribution in [2.75, 3.05) is 13.1 Å². The standard InChI is InChI=1S/C16H12ClF3N2O2/c17-13-5-2-6-21-14(13)24-12-8-22(9-12)15(23)10-3-1-4-11(7-10)16(18,19)20/h1-7,12H,8-9H2. The molecule has 1 saturated heterocycles. The molecule has 0 saturated carbocycles. The van der Waals surface area contributed by atoms with Crippen LogP contribution in [0.2, 0.25) is 5.02 Å². The highest BCUT2D eigenvalue weighted by molar-refractivity contribution is 6.31. The summed E-state index contributed by atoms with van der Waals surface area (Å²) < 4.78 is 43.7. The molecule has 1 aliphatic rings. The van der Waals surface area contributed by atoms with E-state index in [0.29, 0.717) is 5.02 Å². The molecule has 0 spiro atoms. The van der Waals surface area contributed by atoms with Crippen molar-refractivity contribution in [2.45, 2.75) is 12.3 Å². The number of nitrogens with zero attached hydrogens (tertiary/aromatic N) is 2. The number of amides is 1. The number of benzene rings is 1. The summed E-state index contributed by atoms with van der Waals surface area (Å²) in [6.45, 7) is 0.532. The summed E-state index contributed by atoms with van der Waals surface area (Å²) in [5.41, 5.74) is -0.846. The van der Waals surface area contributed by atoms with Crippen LogP contribution >= 0.6 is 11.6 Å². The van der Waals surface area contributed by atoms with Crippen molar-refractivity contribution in [3.63, 3.8) is 0 Å². The Morgan fingerprint density at radius 3 is 2.67 bits per heavy atom. The number of ether oxygens (including phenoxy) is 1. The summed E-state index contributed by atoms with van der Waals surface area (Å²) in [6.07, 6.45) is -3.23. The van der Waals surface area contributed by atoms with Crippen LogP contribution in [0.5, 0.6) is 5.88 Å². The van der Waals surface area contributed by atoms with E-state index in [-0.39, 0.29) is 30.6 Å². The van der Waals surface area contributed by atoms with Gasteiger partial charge in [0.05, 0.1) is 18.7 Å². The van der Waals surface area contributed by atoms with Crippen molar-refractivity contribution in [3.05, 3.63) is 58.7 Å². The molecule has 8 heteroatoms. The maximum atomic E-state index is 12.7. The first-order valence-corrected chi connectivity index (χ1v) is 7.46. The molecule has 4 nitrogen and oxygen atoms in total. The van der Waals surface area contributed by atoms with E-state index in [1.165, 1.54) is 23.2 Å². The molecule has 0 N–H and O–H groups in total. The normalized spacial score (nSPS) is 15.1. The number of likely N-dealkylation sites (tertiary alicyclic amines) is 1. The Hall–Kier alpha value is -2.28. The van der Waals surface area contributed by atoms with Gasteiger partial charge in [-0.05, 0) is 30.3 Å². The molecule has 24 heavy (non-hydrogen) atoms. The fraction of sp³-hybridized carbons (Fsp3) is 0.250. The molecule has 1 fully saturated rings. The summed E-state index contributed by atoms with van der Waals surface area (Å²) in [5.74, 6) is -0.191. The second-order valence-electron chi connectivity index (χ2n) is 5.32. The van der Waals surface area contributed by atoms with Gasteiger partial charge in [-0.2, -0.15) is 13.2 Å². The van der Waals surface area contributed by atoms with Gasteiger partial charge in [0.1, 0.15) is 11.1 Å². The number of carbonyl (C=O) groups excluding carboxylic acids is 1. The number of carbonyl (C=O) groups is 1. The fourth-order valence-corrected chi connectivity index (χ4v) is 2.47. The van der Waals surface area contributed by atoms with Crippen LogP contribution in [0.15, 0.2) is 42.6 Å².